The first kappa shape index (κ1) is 19.2. The molecule has 0 aliphatic carbocycles. The number of rotatable bonds is 7. The van der Waals surface area contributed by atoms with Crippen LogP contribution in [-0.4, -0.2) is 21.0 Å². The van der Waals surface area contributed by atoms with Crippen LogP contribution >= 0.6 is 46.3 Å². The number of nitrogens with one attached hydrogen (secondary N) is 1. The molecule has 26 heavy (non-hydrogen) atoms. The van der Waals surface area contributed by atoms with Crippen LogP contribution in [0.25, 0.3) is 0 Å². The van der Waals surface area contributed by atoms with Crippen molar-refractivity contribution in [2.45, 2.75) is 30.0 Å². The molecule has 3 aromatic rings. The lowest BCUT2D eigenvalue weighted by Crippen LogP contribution is -2.24. The van der Waals surface area contributed by atoms with E-state index in [1.54, 1.807) is 24.8 Å². The van der Waals surface area contributed by atoms with Crippen molar-refractivity contribution in [1.82, 2.24) is 20.4 Å². The number of hydrogen-bond donors (Lipinski definition) is 1. The summed E-state index contributed by atoms with van der Waals surface area (Å²) < 4.78 is 5.83. The highest BCUT2D eigenvalue weighted by Gasteiger charge is 2.11. The Kier molecular flexibility index (Phi) is 6.53. The zero-order chi connectivity index (χ0) is 18.5. The highest BCUT2D eigenvalue weighted by atomic mass is 35.5. The maximum absolute atomic E-state index is 12.0. The fourth-order valence-corrected chi connectivity index (χ4v) is 4.43. The van der Waals surface area contributed by atoms with Gasteiger partial charge >= 0.3 is 0 Å². The Morgan fingerprint density at radius 1 is 1.35 bits per heavy atom. The predicted octanol–water partition coefficient (Wildman–Crippen LogP) is 4.29. The Hall–Kier alpha value is -1.61. The SMILES string of the molecule is Cc1noc(CNC(=O)Cc2csc(SCc3ccc(Cl)cc3Cl)n2)n1. The minimum Gasteiger partial charge on any atom is -0.347 e. The van der Waals surface area contributed by atoms with Crippen LogP contribution in [0.1, 0.15) is 23.0 Å². The van der Waals surface area contributed by atoms with Crippen LogP contribution < -0.4 is 5.32 Å². The minimum absolute atomic E-state index is 0.150. The highest BCUT2D eigenvalue weighted by molar-refractivity contribution is 8.00. The standard InChI is InChI=1S/C16H14Cl2N4O2S2/c1-9-20-15(24-22-9)6-19-14(23)5-12-8-26-16(21-12)25-7-10-2-3-11(17)4-13(10)18/h2-4,8H,5-7H2,1H3,(H,19,23). The molecule has 0 radical (unpaired) electrons. The number of amides is 1. The van der Waals surface area contributed by atoms with Crippen LogP contribution in [0.15, 0.2) is 32.4 Å². The van der Waals surface area contributed by atoms with Gasteiger partial charge < -0.3 is 9.84 Å². The molecular formula is C16H14Cl2N4O2S2. The molecular weight excluding hydrogens is 415 g/mol. The molecule has 0 fully saturated rings. The summed E-state index contributed by atoms with van der Waals surface area (Å²) in [7, 11) is 0. The van der Waals surface area contributed by atoms with E-state index in [9.17, 15) is 4.79 Å². The van der Waals surface area contributed by atoms with E-state index in [1.807, 2.05) is 17.5 Å². The number of carbonyl (C=O) groups excluding carboxylic acids is 1. The first-order valence-electron chi connectivity index (χ1n) is 7.56. The molecule has 2 aromatic heterocycles. The Labute approximate surface area is 168 Å². The molecule has 6 nitrogen and oxygen atoms in total. The quantitative estimate of drug-likeness (QED) is 0.565. The monoisotopic (exact) mass is 428 g/mol. The third-order valence-electron chi connectivity index (χ3n) is 3.25. The van der Waals surface area contributed by atoms with Crippen LogP contribution in [0.4, 0.5) is 0 Å². The Balaban J connectivity index is 1.48. The van der Waals surface area contributed by atoms with Crippen LogP contribution in [0, 0.1) is 6.92 Å². The molecule has 0 atom stereocenters. The van der Waals surface area contributed by atoms with Gasteiger partial charge in [-0.25, -0.2) is 4.98 Å². The molecule has 1 N–H and O–H groups in total. The lowest BCUT2D eigenvalue weighted by Gasteiger charge is -2.03. The number of nitrogens with zero attached hydrogens (tertiary/aromatic N) is 3. The van der Waals surface area contributed by atoms with Crippen molar-refractivity contribution < 1.29 is 9.32 Å². The average molecular weight is 429 g/mol. The first-order chi connectivity index (χ1) is 12.5. The summed E-state index contributed by atoms with van der Waals surface area (Å²) in [4.78, 5) is 20.5. The van der Waals surface area contributed by atoms with Gasteiger partial charge in [-0.05, 0) is 24.6 Å². The van der Waals surface area contributed by atoms with Crippen molar-refractivity contribution in [3.05, 3.63) is 56.6 Å². The Bertz CT molecular complexity index is 913. The number of halogens is 2. The summed E-state index contributed by atoms with van der Waals surface area (Å²) in [6, 6.07) is 5.44. The molecule has 0 unspecified atom stereocenters. The van der Waals surface area contributed by atoms with Crippen LogP contribution in [0.5, 0.6) is 0 Å². The molecule has 0 saturated heterocycles. The minimum atomic E-state index is -0.150. The fraction of sp³-hybridized carbons (Fsp3) is 0.250. The lowest BCUT2D eigenvalue weighted by atomic mass is 10.2. The van der Waals surface area contributed by atoms with Gasteiger partial charge in [-0.15, -0.1) is 11.3 Å². The summed E-state index contributed by atoms with van der Waals surface area (Å²) in [5, 5.41) is 9.53. The number of aromatic nitrogens is 3. The number of carbonyl (C=O) groups is 1. The van der Waals surface area contributed by atoms with Gasteiger partial charge in [0.25, 0.3) is 0 Å². The van der Waals surface area contributed by atoms with E-state index >= 15 is 0 Å². The van der Waals surface area contributed by atoms with Crippen molar-refractivity contribution in [3.63, 3.8) is 0 Å². The zero-order valence-corrected chi connectivity index (χ0v) is 16.8. The second-order valence-electron chi connectivity index (χ2n) is 5.32. The largest absolute Gasteiger partial charge is 0.347 e. The molecule has 1 amide bonds. The molecule has 2 heterocycles. The van der Waals surface area contributed by atoms with Gasteiger partial charge in [0.15, 0.2) is 5.82 Å². The number of aryl methyl sites for hydroxylation is 1. The van der Waals surface area contributed by atoms with Gasteiger partial charge in [-0.3, -0.25) is 4.79 Å². The maximum atomic E-state index is 12.0. The second-order valence-corrected chi connectivity index (χ2v) is 8.24. The lowest BCUT2D eigenvalue weighted by molar-refractivity contribution is -0.120. The highest BCUT2D eigenvalue weighted by Crippen LogP contribution is 2.30. The molecule has 0 bridgehead atoms. The molecule has 0 saturated carbocycles. The van der Waals surface area contributed by atoms with Crippen molar-refractivity contribution in [2.24, 2.45) is 0 Å². The van der Waals surface area contributed by atoms with E-state index < -0.39 is 0 Å². The number of hydrogen-bond acceptors (Lipinski definition) is 7. The summed E-state index contributed by atoms with van der Waals surface area (Å²) in [5.41, 5.74) is 1.71. The Morgan fingerprint density at radius 3 is 2.92 bits per heavy atom. The van der Waals surface area contributed by atoms with E-state index in [0.29, 0.717) is 27.5 Å². The topological polar surface area (TPSA) is 80.9 Å². The van der Waals surface area contributed by atoms with Gasteiger partial charge in [0, 0.05) is 21.2 Å². The van der Waals surface area contributed by atoms with Crippen LogP contribution in [0.2, 0.25) is 10.0 Å². The van der Waals surface area contributed by atoms with Gasteiger partial charge in [0.1, 0.15) is 4.34 Å². The molecule has 0 spiro atoms. The summed E-state index contributed by atoms with van der Waals surface area (Å²) >= 11 is 15.1. The second kappa shape index (κ2) is 8.85. The normalized spacial score (nSPS) is 10.9. The molecule has 1 aromatic carbocycles. The van der Waals surface area contributed by atoms with E-state index in [4.69, 9.17) is 27.7 Å². The van der Waals surface area contributed by atoms with Crippen molar-refractivity contribution >= 4 is 52.2 Å². The predicted molar refractivity (Wildman–Crippen MR) is 103 cm³/mol. The van der Waals surface area contributed by atoms with Crippen molar-refractivity contribution in [1.29, 1.82) is 0 Å². The number of thiazole rings is 1. The maximum Gasteiger partial charge on any atom is 0.246 e. The third-order valence-corrected chi connectivity index (χ3v) is 5.95. The van der Waals surface area contributed by atoms with Gasteiger partial charge in [0.05, 0.1) is 18.7 Å². The van der Waals surface area contributed by atoms with Crippen molar-refractivity contribution in [3.8, 4) is 0 Å². The first-order valence-corrected chi connectivity index (χ1v) is 10.2. The van der Waals surface area contributed by atoms with Crippen LogP contribution in [-0.2, 0) is 23.5 Å². The third kappa shape index (κ3) is 5.44. The smallest absolute Gasteiger partial charge is 0.246 e. The molecule has 3 rings (SSSR count). The van der Waals surface area contributed by atoms with Gasteiger partial charge in [0.2, 0.25) is 11.8 Å². The summed E-state index contributed by atoms with van der Waals surface area (Å²) in [6.45, 7) is 1.93. The molecule has 0 aliphatic heterocycles. The average Bonchev–Trinajstić information content (AvgIpc) is 3.21. The van der Waals surface area contributed by atoms with E-state index in [-0.39, 0.29) is 18.9 Å². The van der Waals surface area contributed by atoms with E-state index in [0.717, 1.165) is 15.6 Å². The van der Waals surface area contributed by atoms with Gasteiger partial charge in [-0.1, -0.05) is 46.2 Å². The molecule has 0 aliphatic rings. The van der Waals surface area contributed by atoms with E-state index in [2.05, 4.69) is 20.4 Å². The Morgan fingerprint density at radius 2 is 2.19 bits per heavy atom. The summed E-state index contributed by atoms with van der Waals surface area (Å²) in [6.07, 6.45) is 0.200. The van der Waals surface area contributed by atoms with Crippen molar-refractivity contribution in [2.75, 3.05) is 0 Å². The van der Waals surface area contributed by atoms with E-state index in [1.165, 1.54) is 11.3 Å². The molecule has 10 heteroatoms. The summed E-state index contributed by atoms with van der Waals surface area (Å²) in [5.74, 6) is 1.45. The zero-order valence-electron chi connectivity index (χ0n) is 13.7. The van der Waals surface area contributed by atoms with Gasteiger partial charge in [-0.2, -0.15) is 4.98 Å². The fourth-order valence-electron chi connectivity index (χ4n) is 2.03. The molecule has 136 valence electrons. The van der Waals surface area contributed by atoms with Crippen LogP contribution in [0.3, 0.4) is 0 Å². The number of benzene rings is 1. The number of thioether (sulfide) groups is 1.